The number of aromatic nitrogens is 2. The van der Waals surface area contributed by atoms with Gasteiger partial charge in [0.15, 0.2) is 11.6 Å². The van der Waals surface area contributed by atoms with Crippen LogP contribution in [0.2, 0.25) is 0 Å². The molecule has 1 atom stereocenters. The summed E-state index contributed by atoms with van der Waals surface area (Å²) < 4.78 is 33.4. The highest BCUT2D eigenvalue weighted by Crippen LogP contribution is 2.35. The number of carbonyl (C=O) groups excluding carboxylic acids is 2. The van der Waals surface area contributed by atoms with Crippen LogP contribution in [0.15, 0.2) is 42.7 Å². The molecule has 0 spiro atoms. The van der Waals surface area contributed by atoms with Crippen LogP contribution < -0.4 is 5.32 Å². The van der Waals surface area contributed by atoms with Crippen LogP contribution in [0.25, 0.3) is 0 Å². The molecule has 0 saturated carbocycles. The van der Waals surface area contributed by atoms with Crippen LogP contribution in [0.3, 0.4) is 0 Å². The molecule has 1 aliphatic heterocycles. The van der Waals surface area contributed by atoms with Crippen LogP contribution >= 0.6 is 0 Å². The fourth-order valence-corrected chi connectivity index (χ4v) is 3.73. The molecule has 7 nitrogen and oxygen atoms in total. The van der Waals surface area contributed by atoms with Crippen molar-refractivity contribution in [3.05, 3.63) is 82.4 Å². The van der Waals surface area contributed by atoms with Crippen LogP contribution in [0, 0.1) is 18.6 Å². The minimum Gasteiger partial charge on any atom is -0.465 e. The largest absolute Gasteiger partial charge is 0.465 e. The van der Waals surface area contributed by atoms with Crippen molar-refractivity contribution in [2.24, 2.45) is 0 Å². The maximum atomic E-state index is 14.7. The van der Waals surface area contributed by atoms with Gasteiger partial charge in [0.05, 0.1) is 24.7 Å². The van der Waals surface area contributed by atoms with Gasteiger partial charge < -0.3 is 19.9 Å². The first kappa shape index (κ1) is 20.5. The number of anilines is 1. The zero-order valence-electron chi connectivity index (χ0n) is 16.9. The number of esters is 1. The molecule has 3 aromatic rings. The van der Waals surface area contributed by atoms with Crippen LogP contribution in [0.4, 0.5) is 19.3 Å². The summed E-state index contributed by atoms with van der Waals surface area (Å²) in [6, 6.07) is 7.24. The Morgan fingerprint density at radius 2 is 2.06 bits per heavy atom. The van der Waals surface area contributed by atoms with E-state index in [1.807, 2.05) is 0 Å². The lowest BCUT2D eigenvalue weighted by Crippen LogP contribution is -2.43. The molecule has 2 N–H and O–H groups in total. The van der Waals surface area contributed by atoms with Gasteiger partial charge >= 0.3 is 12.0 Å². The number of carbonyl (C=O) groups is 2. The van der Waals surface area contributed by atoms with Crippen molar-refractivity contribution >= 4 is 17.7 Å². The Kier molecular flexibility index (Phi) is 5.41. The van der Waals surface area contributed by atoms with E-state index in [0.29, 0.717) is 17.8 Å². The summed E-state index contributed by atoms with van der Waals surface area (Å²) in [6.07, 6.45) is 1.96. The molecule has 0 aliphatic carbocycles. The molecule has 2 heterocycles. The summed E-state index contributed by atoms with van der Waals surface area (Å²) in [4.78, 5) is 33.7. The molecule has 1 unspecified atom stereocenters. The molecule has 1 aliphatic rings. The number of rotatable bonds is 3. The number of aryl methyl sites for hydroxylation is 1. The standard InChI is InChI=1S/C22H20F2N4O3/c1-12-6-7-13(21(29)31-2)10-17(12)27-22(30)28-9-8-16-19(26-11-25-16)20(28)14-4-3-5-15(23)18(14)24/h3-7,10-11,20H,8-9H2,1-2H3,(H,25,26)(H,27,30). The number of nitrogens with one attached hydrogen (secondary N) is 2. The quantitative estimate of drug-likeness (QED) is 0.621. The minimum atomic E-state index is -1.02. The lowest BCUT2D eigenvalue weighted by Gasteiger charge is -2.35. The summed E-state index contributed by atoms with van der Waals surface area (Å²) in [6.45, 7) is 2.04. The molecule has 1 aromatic heterocycles. The number of fused-ring (bicyclic) bond motifs is 1. The third kappa shape index (κ3) is 3.74. The van der Waals surface area contributed by atoms with Crippen LogP contribution in [-0.2, 0) is 11.2 Å². The van der Waals surface area contributed by atoms with Crippen molar-refractivity contribution in [2.75, 3.05) is 19.0 Å². The van der Waals surface area contributed by atoms with E-state index in [4.69, 9.17) is 4.74 Å². The van der Waals surface area contributed by atoms with Crippen molar-refractivity contribution in [3.63, 3.8) is 0 Å². The zero-order chi connectivity index (χ0) is 22.1. The van der Waals surface area contributed by atoms with Gasteiger partial charge in [-0.3, -0.25) is 0 Å². The molecule has 9 heteroatoms. The molecule has 160 valence electrons. The smallest absolute Gasteiger partial charge is 0.337 e. The normalized spacial score (nSPS) is 15.4. The summed E-state index contributed by atoms with van der Waals surface area (Å²) in [7, 11) is 1.27. The lowest BCUT2D eigenvalue weighted by atomic mass is 9.95. The number of urea groups is 1. The Labute approximate surface area is 177 Å². The summed E-state index contributed by atoms with van der Waals surface area (Å²) >= 11 is 0. The molecule has 4 rings (SSSR count). The number of imidazole rings is 1. The number of nitrogens with zero attached hydrogens (tertiary/aromatic N) is 2. The first-order valence-electron chi connectivity index (χ1n) is 9.63. The number of halogens is 2. The number of amides is 2. The van der Waals surface area contributed by atoms with Crippen molar-refractivity contribution in [1.29, 1.82) is 0 Å². The highest BCUT2D eigenvalue weighted by atomic mass is 19.2. The Hall–Kier alpha value is -3.75. The van der Waals surface area contributed by atoms with Gasteiger partial charge in [-0.15, -0.1) is 0 Å². The molecule has 0 fully saturated rings. The Balaban J connectivity index is 1.70. The first-order chi connectivity index (χ1) is 14.9. The van der Waals surface area contributed by atoms with E-state index in [1.165, 1.54) is 36.5 Å². The second kappa shape index (κ2) is 8.17. The monoisotopic (exact) mass is 426 g/mol. The fraction of sp³-hybridized carbons (Fsp3) is 0.227. The van der Waals surface area contributed by atoms with Gasteiger partial charge in [-0.25, -0.2) is 23.4 Å². The second-order valence-corrected chi connectivity index (χ2v) is 7.21. The van der Waals surface area contributed by atoms with E-state index in [2.05, 4.69) is 15.3 Å². The van der Waals surface area contributed by atoms with E-state index in [9.17, 15) is 18.4 Å². The van der Waals surface area contributed by atoms with Crippen LogP contribution in [0.5, 0.6) is 0 Å². The van der Waals surface area contributed by atoms with Crippen LogP contribution in [0.1, 0.15) is 38.9 Å². The third-order valence-corrected chi connectivity index (χ3v) is 5.36. The number of hydrogen-bond acceptors (Lipinski definition) is 4. The summed E-state index contributed by atoms with van der Waals surface area (Å²) in [5.74, 6) is -2.55. The summed E-state index contributed by atoms with van der Waals surface area (Å²) in [5.41, 5.74) is 2.67. The highest BCUT2D eigenvalue weighted by molar-refractivity contribution is 5.95. The number of methoxy groups -OCH3 is 1. The van der Waals surface area contributed by atoms with E-state index in [1.54, 1.807) is 19.1 Å². The molecular formula is C22H20F2N4O3. The first-order valence-corrected chi connectivity index (χ1v) is 9.63. The van der Waals surface area contributed by atoms with E-state index < -0.39 is 29.7 Å². The van der Waals surface area contributed by atoms with Gasteiger partial charge in [-0.05, 0) is 30.7 Å². The average molecular weight is 426 g/mol. The molecule has 0 saturated heterocycles. The van der Waals surface area contributed by atoms with Gasteiger partial charge in [0.2, 0.25) is 0 Å². The van der Waals surface area contributed by atoms with Crippen molar-refractivity contribution in [2.45, 2.75) is 19.4 Å². The molecule has 2 aromatic carbocycles. The van der Waals surface area contributed by atoms with Gasteiger partial charge in [-0.2, -0.15) is 0 Å². The number of aromatic amines is 1. The molecule has 31 heavy (non-hydrogen) atoms. The van der Waals surface area contributed by atoms with E-state index in [0.717, 1.165) is 17.3 Å². The van der Waals surface area contributed by atoms with Crippen molar-refractivity contribution in [3.8, 4) is 0 Å². The molecule has 0 radical (unpaired) electrons. The fourth-order valence-electron chi connectivity index (χ4n) is 3.73. The maximum Gasteiger partial charge on any atom is 0.337 e. The van der Waals surface area contributed by atoms with Gasteiger partial charge in [0.25, 0.3) is 0 Å². The van der Waals surface area contributed by atoms with Gasteiger partial charge in [0, 0.05) is 29.9 Å². The lowest BCUT2D eigenvalue weighted by molar-refractivity contribution is 0.0600. The maximum absolute atomic E-state index is 14.7. The Morgan fingerprint density at radius 3 is 2.84 bits per heavy atom. The van der Waals surface area contributed by atoms with E-state index in [-0.39, 0.29) is 17.7 Å². The SMILES string of the molecule is COC(=O)c1ccc(C)c(NC(=O)N2CCc3[nH]cnc3C2c2cccc(F)c2F)c1. The third-order valence-electron chi connectivity index (χ3n) is 5.36. The summed E-state index contributed by atoms with van der Waals surface area (Å²) in [5, 5.41) is 2.78. The highest BCUT2D eigenvalue weighted by Gasteiger charge is 2.36. The van der Waals surface area contributed by atoms with E-state index >= 15 is 0 Å². The minimum absolute atomic E-state index is 0.0169. The van der Waals surface area contributed by atoms with Crippen molar-refractivity contribution < 1.29 is 23.1 Å². The number of benzene rings is 2. The van der Waals surface area contributed by atoms with Gasteiger partial charge in [0.1, 0.15) is 6.04 Å². The average Bonchev–Trinajstić information content (AvgIpc) is 3.25. The number of hydrogen-bond donors (Lipinski definition) is 2. The Morgan fingerprint density at radius 1 is 1.26 bits per heavy atom. The van der Waals surface area contributed by atoms with Crippen molar-refractivity contribution in [1.82, 2.24) is 14.9 Å². The number of ether oxygens (including phenoxy) is 1. The zero-order valence-corrected chi connectivity index (χ0v) is 16.9. The second-order valence-electron chi connectivity index (χ2n) is 7.21. The molecular weight excluding hydrogens is 406 g/mol. The van der Waals surface area contributed by atoms with Gasteiger partial charge in [-0.1, -0.05) is 18.2 Å². The Bertz CT molecular complexity index is 1160. The van der Waals surface area contributed by atoms with Crippen LogP contribution in [-0.4, -0.2) is 40.5 Å². The number of H-pyrrole nitrogens is 1. The topological polar surface area (TPSA) is 87.3 Å². The predicted molar refractivity (Wildman–Crippen MR) is 109 cm³/mol. The molecule has 0 bridgehead atoms. The predicted octanol–water partition coefficient (Wildman–Crippen LogP) is 3.96. The molecule has 2 amide bonds.